The Hall–Kier alpha value is -2.61. The van der Waals surface area contributed by atoms with Gasteiger partial charge in [-0.05, 0) is 57.7 Å². The van der Waals surface area contributed by atoms with E-state index < -0.39 is 28.7 Å². The highest BCUT2D eigenvalue weighted by molar-refractivity contribution is 6.01. The van der Waals surface area contributed by atoms with Crippen LogP contribution in [0.3, 0.4) is 0 Å². The van der Waals surface area contributed by atoms with E-state index in [2.05, 4.69) is 5.32 Å². The fraction of sp³-hybridized carbons (Fsp3) is 0.640. The molecule has 1 aliphatic heterocycles. The minimum atomic E-state index is -1.55. The number of ether oxygens (including phenoxy) is 4. The molecule has 8 heteroatoms. The van der Waals surface area contributed by atoms with Crippen LogP contribution >= 0.6 is 0 Å². The highest BCUT2D eigenvalue weighted by Crippen LogP contribution is 2.58. The van der Waals surface area contributed by atoms with Gasteiger partial charge < -0.3 is 24.3 Å². The first kappa shape index (κ1) is 25.0. The minimum Gasteiger partial charge on any atom is -0.497 e. The third-order valence-electron chi connectivity index (χ3n) is 7.07. The number of hydrogen-bond acceptors (Lipinski definition) is 8. The van der Waals surface area contributed by atoms with Crippen LogP contribution in [0.2, 0.25) is 0 Å². The standard InChI is InChI=1S/C25H35NO7/c1-5-31-21(27)24-13-8-14-25(22(28)32-6-2,23(29)33-7-3)20(24)15-19(26-16-24)17-9-11-18(30-4)12-10-17/h9-12,19-20,26H,5-8,13-16H2,1-4H3/t19-,20-,24-/m1/s1. The molecule has 0 aromatic heterocycles. The van der Waals surface area contributed by atoms with E-state index in [1.807, 2.05) is 24.3 Å². The number of hydrogen-bond donors (Lipinski definition) is 1. The van der Waals surface area contributed by atoms with Gasteiger partial charge in [0, 0.05) is 18.5 Å². The summed E-state index contributed by atoms with van der Waals surface area (Å²) in [6, 6.07) is 7.48. The summed E-state index contributed by atoms with van der Waals surface area (Å²) in [5, 5.41) is 3.49. The Labute approximate surface area is 195 Å². The largest absolute Gasteiger partial charge is 0.497 e. The van der Waals surface area contributed by atoms with Gasteiger partial charge in [-0.3, -0.25) is 14.4 Å². The van der Waals surface area contributed by atoms with Gasteiger partial charge in [-0.25, -0.2) is 0 Å². The zero-order valence-corrected chi connectivity index (χ0v) is 20.0. The van der Waals surface area contributed by atoms with Crippen molar-refractivity contribution in [3.8, 4) is 5.75 Å². The molecule has 0 radical (unpaired) electrons. The molecule has 0 bridgehead atoms. The molecule has 1 aromatic carbocycles. The van der Waals surface area contributed by atoms with Crippen molar-refractivity contribution in [2.75, 3.05) is 33.5 Å². The lowest BCUT2D eigenvalue weighted by atomic mass is 9.51. The summed E-state index contributed by atoms with van der Waals surface area (Å²) in [5.74, 6) is -1.49. The second-order valence-corrected chi connectivity index (χ2v) is 8.64. The molecule has 8 nitrogen and oxygen atoms in total. The number of rotatable bonds is 8. The van der Waals surface area contributed by atoms with Crippen LogP contribution in [-0.2, 0) is 28.6 Å². The molecule has 0 amide bonds. The minimum absolute atomic E-state index is 0.138. The number of fused-ring (bicyclic) bond motifs is 1. The predicted octanol–water partition coefficient (Wildman–Crippen LogP) is 3.19. The quantitative estimate of drug-likeness (QED) is 0.358. The molecule has 1 aromatic rings. The van der Waals surface area contributed by atoms with Gasteiger partial charge in [-0.15, -0.1) is 0 Å². The zero-order valence-electron chi connectivity index (χ0n) is 20.0. The molecule has 1 saturated carbocycles. The number of carbonyl (C=O) groups excluding carboxylic acids is 3. The van der Waals surface area contributed by atoms with Crippen LogP contribution in [-0.4, -0.2) is 51.4 Å². The maximum atomic E-state index is 13.4. The molecule has 1 saturated heterocycles. The van der Waals surface area contributed by atoms with Crippen molar-refractivity contribution in [1.29, 1.82) is 0 Å². The van der Waals surface area contributed by atoms with E-state index in [-0.39, 0.29) is 38.3 Å². The topological polar surface area (TPSA) is 100 Å². The van der Waals surface area contributed by atoms with Gasteiger partial charge in [0.25, 0.3) is 0 Å². The Balaban J connectivity index is 2.09. The summed E-state index contributed by atoms with van der Waals surface area (Å²) in [6.07, 6.45) is 1.72. The van der Waals surface area contributed by atoms with Crippen LogP contribution in [0.5, 0.6) is 5.75 Å². The van der Waals surface area contributed by atoms with Crippen LogP contribution < -0.4 is 10.1 Å². The van der Waals surface area contributed by atoms with Crippen molar-refractivity contribution in [2.45, 2.75) is 52.5 Å². The summed E-state index contributed by atoms with van der Waals surface area (Å²) in [6.45, 7) is 5.97. The number of methoxy groups -OCH3 is 1. The van der Waals surface area contributed by atoms with Crippen LogP contribution in [0.4, 0.5) is 0 Å². The van der Waals surface area contributed by atoms with Gasteiger partial charge in [0.1, 0.15) is 5.75 Å². The first-order valence-electron chi connectivity index (χ1n) is 11.8. The molecule has 0 spiro atoms. The van der Waals surface area contributed by atoms with E-state index in [0.717, 1.165) is 11.3 Å². The number of carbonyl (C=O) groups is 3. The van der Waals surface area contributed by atoms with E-state index in [1.165, 1.54) is 0 Å². The van der Waals surface area contributed by atoms with Crippen molar-refractivity contribution in [2.24, 2.45) is 16.7 Å². The maximum absolute atomic E-state index is 13.4. The Bertz CT molecular complexity index is 835. The monoisotopic (exact) mass is 461 g/mol. The van der Waals surface area contributed by atoms with E-state index >= 15 is 0 Å². The van der Waals surface area contributed by atoms with Gasteiger partial charge in [0.05, 0.1) is 32.3 Å². The first-order valence-corrected chi connectivity index (χ1v) is 11.8. The molecule has 0 unspecified atom stereocenters. The van der Waals surface area contributed by atoms with E-state index in [4.69, 9.17) is 18.9 Å². The summed E-state index contributed by atoms with van der Waals surface area (Å²) in [5.41, 5.74) is -1.58. The fourth-order valence-electron chi connectivity index (χ4n) is 5.54. The smallest absolute Gasteiger partial charge is 0.323 e. The number of piperidine rings is 1. The van der Waals surface area contributed by atoms with Crippen LogP contribution in [0.15, 0.2) is 24.3 Å². The SMILES string of the molecule is CCOC(=O)C1(C(=O)OCC)CCC[C@@]2(C(=O)OCC)CN[C@@H](c3ccc(OC)cc3)C[C@@H]12. The normalized spacial score (nSPS) is 25.9. The second kappa shape index (κ2) is 10.5. The fourth-order valence-corrected chi connectivity index (χ4v) is 5.54. The molecule has 3 atom stereocenters. The van der Waals surface area contributed by atoms with Gasteiger partial charge in [-0.1, -0.05) is 18.6 Å². The van der Waals surface area contributed by atoms with Crippen molar-refractivity contribution < 1.29 is 33.3 Å². The van der Waals surface area contributed by atoms with Crippen LogP contribution in [0.1, 0.15) is 58.1 Å². The van der Waals surface area contributed by atoms with E-state index in [1.54, 1.807) is 27.9 Å². The molecule has 1 N–H and O–H groups in total. The highest BCUT2D eigenvalue weighted by atomic mass is 16.6. The average Bonchev–Trinajstić information content (AvgIpc) is 2.83. The van der Waals surface area contributed by atoms with Crippen molar-refractivity contribution in [3.05, 3.63) is 29.8 Å². The number of nitrogens with one attached hydrogen (secondary N) is 1. The third kappa shape index (κ3) is 4.45. The Morgan fingerprint density at radius 1 is 0.909 bits per heavy atom. The Kier molecular flexibility index (Phi) is 8.00. The van der Waals surface area contributed by atoms with E-state index in [0.29, 0.717) is 25.8 Å². The molecular weight excluding hydrogens is 426 g/mol. The lowest BCUT2D eigenvalue weighted by molar-refractivity contribution is -0.196. The first-order chi connectivity index (χ1) is 15.9. The molecule has 1 aliphatic carbocycles. The van der Waals surface area contributed by atoms with Crippen LogP contribution in [0.25, 0.3) is 0 Å². The molecule has 3 rings (SSSR count). The van der Waals surface area contributed by atoms with Gasteiger partial charge in [-0.2, -0.15) is 0 Å². The van der Waals surface area contributed by atoms with Crippen molar-refractivity contribution in [1.82, 2.24) is 5.32 Å². The van der Waals surface area contributed by atoms with E-state index in [9.17, 15) is 14.4 Å². The number of benzene rings is 1. The molecule has 182 valence electrons. The molecule has 2 aliphatic rings. The van der Waals surface area contributed by atoms with Crippen molar-refractivity contribution in [3.63, 3.8) is 0 Å². The Morgan fingerprint density at radius 3 is 2.03 bits per heavy atom. The summed E-state index contributed by atoms with van der Waals surface area (Å²) < 4.78 is 21.6. The van der Waals surface area contributed by atoms with Gasteiger partial charge in [0.2, 0.25) is 0 Å². The second-order valence-electron chi connectivity index (χ2n) is 8.64. The number of esters is 3. The molecule has 33 heavy (non-hydrogen) atoms. The highest BCUT2D eigenvalue weighted by Gasteiger charge is 2.67. The van der Waals surface area contributed by atoms with Crippen molar-refractivity contribution >= 4 is 17.9 Å². The lowest BCUT2D eigenvalue weighted by Crippen LogP contribution is -2.64. The Morgan fingerprint density at radius 2 is 1.48 bits per heavy atom. The molecule has 2 fully saturated rings. The average molecular weight is 462 g/mol. The summed E-state index contributed by atoms with van der Waals surface area (Å²) in [7, 11) is 1.61. The zero-order chi connectivity index (χ0) is 24.1. The molecule has 1 heterocycles. The predicted molar refractivity (Wildman–Crippen MR) is 120 cm³/mol. The molecular formula is C25H35NO7. The summed E-state index contributed by atoms with van der Waals surface area (Å²) >= 11 is 0. The lowest BCUT2D eigenvalue weighted by Gasteiger charge is -2.54. The van der Waals surface area contributed by atoms with Gasteiger partial charge >= 0.3 is 17.9 Å². The van der Waals surface area contributed by atoms with Gasteiger partial charge in [0.15, 0.2) is 5.41 Å². The van der Waals surface area contributed by atoms with Crippen LogP contribution in [0, 0.1) is 16.7 Å². The summed E-state index contributed by atoms with van der Waals surface area (Å²) in [4.78, 5) is 40.2. The third-order valence-corrected chi connectivity index (χ3v) is 7.07. The maximum Gasteiger partial charge on any atom is 0.323 e.